The molecule has 0 fully saturated rings. The van der Waals surface area contributed by atoms with Gasteiger partial charge in [0.05, 0.1) is 11.6 Å². The van der Waals surface area contributed by atoms with Crippen molar-refractivity contribution in [3.05, 3.63) is 0 Å². The Balaban J connectivity index is 3.32. The molecule has 2 nitrogen and oxygen atoms in total. The summed E-state index contributed by atoms with van der Waals surface area (Å²) in [4.78, 5) is 0.520. The fourth-order valence-corrected chi connectivity index (χ4v) is 0.400. The van der Waals surface area contributed by atoms with Crippen LogP contribution in [0.25, 0.3) is 0 Å². The zero-order valence-electron chi connectivity index (χ0n) is 5.18. The van der Waals surface area contributed by atoms with E-state index in [1.54, 1.807) is 7.11 Å². The first-order chi connectivity index (χ1) is 3.68. The number of hydrogen-bond acceptors (Lipinski definition) is 2. The van der Waals surface area contributed by atoms with Gasteiger partial charge in [0.15, 0.2) is 0 Å². The molecule has 0 radical (unpaired) electrons. The van der Waals surface area contributed by atoms with Crippen molar-refractivity contribution in [3.63, 3.8) is 0 Å². The Labute approximate surface area is 55.0 Å². The van der Waals surface area contributed by atoms with Crippen LogP contribution in [-0.4, -0.2) is 18.7 Å². The summed E-state index contributed by atoms with van der Waals surface area (Å²) in [6.07, 6.45) is 0. The van der Waals surface area contributed by atoms with Crippen LogP contribution in [0.15, 0.2) is 0 Å². The minimum atomic E-state index is 0.204. The van der Waals surface area contributed by atoms with E-state index in [4.69, 9.17) is 10.5 Å². The summed E-state index contributed by atoms with van der Waals surface area (Å²) in [7, 11) is 1.63. The Hall–Kier alpha value is -0.150. The standard InChI is InChI=1S/C5H11NOS/c1-4(3-7-2)5(6)8/h4H,3H2,1-2H3,(H2,6,8)/t4-/m1/s1. The zero-order chi connectivity index (χ0) is 6.57. The van der Waals surface area contributed by atoms with Gasteiger partial charge in [0, 0.05) is 13.0 Å². The average Bonchev–Trinajstić information content (AvgIpc) is 1.67. The topological polar surface area (TPSA) is 35.2 Å². The molecule has 0 amide bonds. The third-order valence-electron chi connectivity index (χ3n) is 0.902. The van der Waals surface area contributed by atoms with Crippen LogP contribution in [0.3, 0.4) is 0 Å². The van der Waals surface area contributed by atoms with Crippen LogP contribution >= 0.6 is 12.2 Å². The lowest BCUT2D eigenvalue weighted by Crippen LogP contribution is -2.21. The summed E-state index contributed by atoms with van der Waals surface area (Å²) >= 11 is 4.68. The summed E-state index contributed by atoms with van der Waals surface area (Å²) in [5.41, 5.74) is 5.27. The van der Waals surface area contributed by atoms with Gasteiger partial charge in [-0.2, -0.15) is 0 Å². The van der Waals surface area contributed by atoms with Gasteiger partial charge < -0.3 is 10.5 Å². The normalized spacial score (nSPS) is 13.2. The van der Waals surface area contributed by atoms with E-state index in [2.05, 4.69) is 12.2 Å². The highest BCUT2D eigenvalue weighted by molar-refractivity contribution is 7.80. The molecule has 0 saturated carbocycles. The van der Waals surface area contributed by atoms with E-state index in [9.17, 15) is 0 Å². The van der Waals surface area contributed by atoms with Crippen LogP contribution in [0.2, 0.25) is 0 Å². The quantitative estimate of drug-likeness (QED) is 0.571. The lowest BCUT2D eigenvalue weighted by molar-refractivity contribution is 0.182. The van der Waals surface area contributed by atoms with Gasteiger partial charge in [-0.25, -0.2) is 0 Å². The van der Waals surface area contributed by atoms with Crippen molar-refractivity contribution < 1.29 is 4.74 Å². The first kappa shape index (κ1) is 7.85. The second kappa shape index (κ2) is 3.80. The van der Waals surface area contributed by atoms with Crippen LogP contribution < -0.4 is 5.73 Å². The predicted octanol–water partition coefficient (Wildman–Crippen LogP) is 0.555. The van der Waals surface area contributed by atoms with E-state index in [-0.39, 0.29) is 5.92 Å². The Bertz CT molecular complexity index is 84.5. The fourth-order valence-electron chi connectivity index (χ4n) is 0.332. The molecule has 0 rings (SSSR count). The molecular formula is C5H11NOS. The van der Waals surface area contributed by atoms with Gasteiger partial charge in [0.25, 0.3) is 0 Å². The Kier molecular flexibility index (Phi) is 3.73. The maximum atomic E-state index is 5.27. The van der Waals surface area contributed by atoms with Crippen molar-refractivity contribution in [2.45, 2.75) is 6.92 Å². The second-order valence-electron chi connectivity index (χ2n) is 1.76. The van der Waals surface area contributed by atoms with Crippen molar-refractivity contribution in [1.29, 1.82) is 0 Å². The van der Waals surface area contributed by atoms with Crippen molar-refractivity contribution >= 4 is 17.2 Å². The molecule has 2 N–H and O–H groups in total. The summed E-state index contributed by atoms with van der Waals surface area (Å²) in [5.74, 6) is 0.204. The highest BCUT2D eigenvalue weighted by Gasteiger charge is 2.01. The molecule has 0 unspecified atom stereocenters. The molecule has 48 valence electrons. The number of methoxy groups -OCH3 is 1. The van der Waals surface area contributed by atoms with Crippen LogP contribution in [0.5, 0.6) is 0 Å². The minimum absolute atomic E-state index is 0.204. The number of hydrogen-bond donors (Lipinski definition) is 1. The second-order valence-corrected chi connectivity index (χ2v) is 2.23. The van der Waals surface area contributed by atoms with Gasteiger partial charge in [-0.1, -0.05) is 19.1 Å². The van der Waals surface area contributed by atoms with Crippen molar-refractivity contribution in [1.82, 2.24) is 0 Å². The number of rotatable bonds is 3. The van der Waals surface area contributed by atoms with Crippen molar-refractivity contribution in [2.75, 3.05) is 13.7 Å². The lowest BCUT2D eigenvalue weighted by Gasteiger charge is -2.05. The summed E-state index contributed by atoms with van der Waals surface area (Å²) < 4.78 is 4.80. The van der Waals surface area contributed by atoms with Crippen molar-refractivity contribution in [3.8, 4) is 0 Å². The third-order valence-corrected chi connectivity index (χ3v) is 1.30. The first-order valence-electron chi connectivity index (χ1n) is 2.46. The van der Waals surface area contributed by atoms with Gasteiger partial charge in [-0.3, -0.25) is 0 Å². The van der Waals surface area contributed by atoms with Gasteiger partial charge >= 0.3 is 0 Å². The fraction of sp³-hybridized carbons (Fsp3) is 0.800. The van der Waals surface area contributed by atoms with E-state index in [1.165, 1.54) is 0 Å². The molecule has 0 bridgehead atoms. The van der Waals surface area contributed by atoms with Crippen LogP contribution in [0.4, 0.5) is 0 Å². The molecule has 0 aliphatic heterocycles. The highest BCUT2D eigenvalue weighted by Crippen LogP contribution is 1.93. The van der Waals surface area contributed by atoms with E-state index < -0.39 is 0 Å². The van der Waals surface area contributed by atoms with Crippen LogP contribution in [0, 0.1) is 5.92 Å². The molecule has 8 heavy (non-hydrogen) atoms. The molecule has 0 aromatic heterocycles. The van der Waals surface area contributed by atoms with E-state index in [0.29, 0.717) is 11.6 Å². The molecular weight excluding hydrogens is 122 g/mol. The van der Waals surface area contributed by atoms with E-state index >= 15 is 0 Å². The molecule has 0 aliphatic carbocycles. The molecule has 0 aromatic carbocycles. The van der Waals surface area contributed by atoms with Crippen LogP contribution in [-0.2, 0) is 4.74 Å². The largest absolute Gasteiger partial charge is 0.393 e. The monoisotopic (exact) mass is 133 g/mol. The Morgan fingerprint density at radius 2 is 2.38 bits per heavy atom. The zero-order valence-corrected chi connectivity index (χ0v) is 5.99. The number of thiocarbonyl (C=S) groups is 1. The summed E-state index contributed by atoms with van der Waals surface area (Å²) in [5, 5.41) is 0. The smallest absolute Gasteiger partial charge is 0.0779 e. The molecule has 0 saturated heterocycles. The molecule has 0 aliphatic rings. The van der Waals surface area contributed by atoms with Crippen molar-refractivity contribution in [2.24, 2.45) is 11.7 Å². The highest BCUT2D eigenvalue weighted by atomic mass is 32.1. The lowest BCUT2D eigenvalue weighted by atomic mass is 10.2. The van der Waals surface area contributed by atoms with Gasteiger partial charge in [-0.05, 0) is 0 Å². The molecule has 0 spiro atoms. The summed E-state index contributed by atoms with van der Waals surface area (Å²) in [6.45, 7) is 2.56. The molecule has 1 atom stereocenters. The van der Waals surface area contributed by atoms with Gasteiger partial charge in [0.2, 0.25) is 0 Å². The molecule has 0 aromatic rings. The van der Waals surface area contributed by atoms with E-state index in [0.717, 1.165) is 0 Å². The third kappa shape index (κ3) is 2.93. The average molecular weight is 133 g/mol. The van der Waals surface area contributed by atoms with E-state index in [1.807, 2.05) is 6.92 Å². The Morgan fingerprint density at radius 1 is 1.88 bits per heavy atom. The van der Waals surface area contributed by atoms with Crippen LogP contribution in [0.1, 0.15) is 6.92 Å². The van der Waals surface area contributed by atoms with Gasteiger partial charge in [-0.15, -0.1) is 0 Å². The molecule has 0 heterocycles. The maximum Gasteiger partial charge on any atom is 0.0779 e. The summed E-state index contributed by atoms with van der Waals surface area (Å²) in [6, 6.07) is 0. The SMILES string of the molecule is COC[C@@H](C)C(N)=S. The minimum Gasteiger partial charge on any atom is -0.393 e. The predicted molar refractivity (Wildman–Crippen MR) is 37.8 cm³/mol. The first-order valence-corrected chi connectivity index (χ1v) is 2.87. The van der Waals surface area contributed by atoms with Gasteiger partial charge in [0.1, 0.15) is 0 Å². The molecule has 3 heteroatoms. The number of nitrogens with two attached hydrogens (primary N) is 1. The number of ether oxygens (including phenoxy) is 1. The maximum absolute atomic E-state index is 5.27. The Morgan fingerprint density at radius 3 is 2.50 bits per heavy atom.